The first-order valence-corrected chi connectivity index (χ1v) is 4.39. The molecule has 0 aromatic carbocycles. The highest BCUT2D eigenvalue weighted by molar-refractivity contribution is 7.78. The van der Waals surface area contributed by atoms with Gasteiger partial charge in [0.1, 0.15) is 0 Å². The Bertz CT molecular complexity index is 369. The number of rotatable bonds is 3. The van der Waals surface area contributed by atoms with E-state index in [9.17, 15) is 4.79 Å². The fourth-order valence-electron chi connectivity index (χ4n) is 0.834. The van der Waals surface area contributed by atoms with Gasteiger partial charge >= 0.3 is 5.97 Å². The SMILES string of the molecule is CCOC(=O)c1ccc(N=C=S)nc1. The predicted octanol–water partition coefficient (Wildman–Crippen LogP) is 1.99. The van der Waals surface area contributed by atoms with Crippen molar-refractivity contribution >= 4 is 29.2 Å². The third kappa shape index (κ3) is 2.73. The third-order valence-electron chi connectivity index (χ3n) is 1.42. The van der Waals surface area contributed by atoms with Gasteiger partial charge in [0.25, 0.3) is 0 Å². The minimum absolute atomic E-state index is 0.346. The van der Waals surface area contributed by atoms with Crippen molar-refractivity contribution in [2.45, 2.75) is 6.92 Å². The van der Waals surface area contributed by atoms with Gasteiger partial charge in [-0.05, 0) is 31.3 Å². The highest BCUT2D eigenvalue weighted by atomic mass is 32.1. The van der Waals surface area contributed by atoms with E-state index in [4.69, 9.17) is 4.74 Å². The largest absolute Gasteiger partial charge is 0.462 e. The molecule has 0 saturated heterocycles. The van der Waals surface area contributed by atoms with Gasteiger partial charge < -0.3 is 4.74 Å². The van der Waals surface area contributed by atoms with Crippen LogP contribution in [0.3, 0.4) is 0 Å². The van der Waals surface area contributed by atoms with E-state index in [2.05, 4.69) is 27.4 Å². The number of hydrogen-bond donors (Lipinski definition) is 0. The Labute approximate surface area is 86.6 Å². The summed E-state index contributed by atoms with van der Waals surface area (Å²) >= 11 is 4.41. The fourth-order valence-corrected chi connectivity index (χ4v) is 0.928. The van der Waals surface area contributed by atoms with Crippen LogP contribution in [0.1, 0.15) is 17.3 Å². The van der Waals surface area contributed by atoms with Crippen LogP contribution in [0, 0.1) is 0 Å². The normalized spacial score (nSPS) is 8.93. The summed E-state index contributed by atoms with van der Waals surface area (Å²) in [6.45, 7) is 2.09. The summed E-state index contributed by atoms with van der Waals surface area (Å²) in [4.78, 5) is 18.7. The monoisotopic (exact) mass is 208 g/mol. The fraction of sp³-hybridized carbons (Fsp3) is 0.222. The molecule has 0 aliphatic rings. The minimum atomic E-state index is -0.391. The van der Waals surface area contributed by atoms with Gasteiger partial charge in [-0.15, -0.1) is 0 Å². The Hall–Kier alpha value is -1.58. The zero-order valence-corrected chi connectivity index (χ0v) is 8.37. The number of hydrogen-bond acceptors (Lipinski definition) is 5. The summed E-state index contributed by atoms with van der Waals surface area (Å²) in [7, 11) is 0. The van der Waals surface area contributed by atoms with E-state index in [0.717, 1.165) is 0 Å². The van der Waals surface area contributed by atoms with Crippen LogP contribution in [0.2, 0.25) is 0 Å². The van der Waals surface area contributed by atoms with Gasteiger partial charge in [0, 0.05) is 6.20 Å². The van der Waals surface area contributed by atoms with Gasteiger partial charge in [-0.3, -0.25) is 0 Å². The summed E-state index contributed by atoms with van der Waals surface area (Å²) < 4.78 is 4.78. The number of pyridine rings is 1. The molecule has 72 valence electrons. The number of carbonyl (C=O) groups is 1. The lowest BCUT2D eigenvalue weighted by atomic mass is 10.3. The Morgan fingerprint density at radius 1 is 1.71 bits per heavy atom. The second-order valence-corrected chi connectivity index (χ2v) is 2.51. The Morgan fingerprint density at radius 3 is 3.00 bits per heavy atom. The predicted molar refractivity (Wildman–Crippen MR) is 54.9 cm³/mol. The van der Waals surface area contributed by atoms with Crippen molar-refractivity contribution in [3.05, 3.63) is 23.9 Å². The maximum absolute atomic E-state index is 11.2. The molecule has 0 radical (unpaired) electrons. The number of aromatic nitrogens is 1. The van der Waals surface area contributed by atoms with Crippen molar-refractivity contribution in [3.63, 3.8) is 0 Å². The van der Waals surface area contributed by atoms with E-state index < -0.39 is 5.97 Å². The molecule has 5 heteroatoms. The highest BCUT2D eigenvalue weighted by Crippen LogP contribution is 2.08. The lowest BCUT2D eigenvalue weighted by molar-refractivity contribution is 0.0526. The average molecular weight is 208 g/mol. The van der Waals surface area contributed by atoms with Crippen LogP contribution in [-0.4, -0.2) is 22.7 Å². The lowest BCUT2D eigenvalue weighted by Gasteiger charge is -2.00. The molecular weight excluding hydrogens is 200 g/mol. The van der Waals surface area contributed by atoms with Gasteiger partial charge in [-0.2, -0.15) is 4.99 Å². The molecule has 1 aromatic rings. The molecule has 0 aliphatic heterocycles. The molecule has 0 N–H and O–H groups in total. The van der Waals surface area contributed by atoms with Gasteiger partial charge in [0.05, 0.1) is 17.3 Å². The topological polar surface area (TPSA) is 51.5 Å². The first-order valence-electron chi connectivity index (χ1n) is 3.99. The summed E-state index contributed by atoms with van der Waals surface area (Å²) in [5.74, 6) is 0.0333. The number of carbonyl (C=O) groups excluding carboxylic acids is 1. The molecule has 0 fully saturated rings. The maximum atomic E-state index is 11.2. The van der Waals surface area contributed by atoms with Crippen molar-refractivity contribution in [3.8, 4) is 0 Å². The molecule has 1 heterocycles. The van der Waals surface area contributed by atoms with Crippen LogP contribution in [0.5, 0.6) is 0 Å². The van der Waals surface area contributed by atoms with Gasteiger partial charge in [-0.1, -0.05) is 0 Å². The number of isothiocyanates is 1. The molecule has 0 aliphatic carbocycles. The van der Waals surface area contributed by atoms with Crippen molar-refractivity contribution < 1.29 is 9.53 Å². The molecule has 0 bridgehead atoms. The Balaban J connectivity index is 2.82. The summed E-state index contributed by atoms with van der Waals surface area (Å²) in [5, 5.41) is 2.19. The molecule has 0 amide bonds. The van der Waals surface area contributed by atoms with Crippen LogP contribution in [0.25, 0.3) is 0 Å². The van der Waals surface area contributed by atoms with Crippen LogP contribution >= 0.6 is 12.2 Å². The van der Waals surface area contributed by atoms with Crippen LogP contribution < -0.4 is 0 Å². The van der Waals surface area contributed by atoms with Crippen LogP contribution in [-0.2, 0) is 4.74 Å². The highest BCUT2D eigenvalue weighted by Gasteiger charge is 2.05. The van der Waals surface area contributed by atoms with Crippen molar-refractivity contribution in [1.82, 2.24) is 4.98 Å². The molecule has 0 spiro atoms. The second-order valence-electron chi connectivity index (χ2n) is 2.33. The standard InChI is InChI=1S/C9H8N2O2S/c1-2-13-9(12)7-3-4-8(10-5-7)11-6-14/h3-5H,2H2,1H3. The lowest BCUT2D eigenvalue weighted by Crippen LogP contribution is -2.04. The summed E-state index contributed by atoms with van der Waals surface area (Å²) in [6.07, 6.45) is 1.39. The zero-order valence-electron chi connectivity index (χ0n) is 7.56. The average Bonchev–Trinajstić information content (AvgIpc) is 2.20. The van der Waals surface area contributed by atoms with Gasteiger partial charge in [0.15, 0.2) is 5.82 Å². The number of esters is 1. The van der Waals surface area contributed by atoms with Crippen molar-refractivity contribution in [1.29, 1.82) is 0 Å². The van der Waals surface area contributed by atoms with E-state index >= 15 is 0 Å². The molecule has 0 unspecified atom stereocenters. The first kappa shape index (κ1) is 10.5. The third-order valence-corrected chi connectivity index (χ3v) is 1.51. The second kappa shape index (κ2) is 5.21. The molecule has 4 nitrogen and oxygen atoms in total. The van der Waals surface area contributed by atoms with E-state index in [0.29, 0.717) is 18.0 Å². The van der Waals surface area contributed by atoms with E-state index in [-0.39, 0.29) is 0 Å². The summed E-state index contributed by atoms with van der Waals surface area (Å²) in [5.41, 5.74) is 0.398. The molecule has 14 heavy (non-hydrogen) atoms. The van der Waals surface area contributed by atoms with Crippen LogP contribution in [0.15, 0.2) is 23.3 Å². The van der Waals surface area contributed by atoms with Crippen LogP contribution in [0.4, 0.5) is 5.82 Å². The first-order chi connectivity index (χ1) is 6.77. The zero-order chi connectivity index (χ0) is 10.4. The quantitative estimate of drug-likeness (QED) is 0.433. The number of ether oxygens (including phenoxy) is 1. The smallest absolute Gasteiger partial charge is 0.339 e. The van der Waals surface area contributed by atoms with Gasteiger partial charge in [-0.25, -0.2) is 9.78 Å². The number of nitrogens with zero attached hydrogens (tertiary/aromatic N) is 2. The van der Waals surface area contributed by atoms with Gasteiger partial charge in [0.2, 0.25) is 0 Å². The van der Waals surface area contributed by atoms with Crippen molar-refractivity contribution in [2.24, 2.45) is 4.99 Å². The molecule has 1 rings (SSSR count). The molecule has 0 saturated carbocycles. The number of thiocarbonyl (C=S) groups is 1. The molecular formula is C9H8N2O2S. The Morgan fingerprint density at radius 2 is 2.50 bits per heavy atom. The molecule has 1 aromatic heterocycles. The van der Waals surface area contributed by atoms with Crippen molar-refractivity contribution in [2.75, 3.05) is 6.61 Å². The molecule has 0 atom stereocenters. The van der Waals surface area contributed by atoms with E-state index in [1.807, 2.05) is 0 Å². The minimum Gasteiger partial charge on any atom is -0.462 e. The summed E-state index contributed by atoms with van der Waals surface area (Å²) in [6, 6.07) is 3.15. The maximum Gasteiger partial charge on any atom is 0.339 e. The number of aliphatic imine (C=N–C) groups is 1. The van der Waals surface area contributed by atoms with E-state index in [1.165, 1.54) is 6.20 Å². The van der Waals surface area contributed by atoms with E-state index in [1.54, 1.807) is 19.1 Å². The Kier molecular flexibility index (Phi) is 3.91.